The number of halogens is 2. The van der Waals surface area contributed by atoms with E-state index in [9.17, 15) is 18.4 Å². The van der Waals surface area contributed by atoms with Crippen molar-refractivity contribution in [2.75, 3.05) is 0 Å². The Hall–Kier alpha value is -3.74. The van der Waals surface area contributed by atoms with Crippen molar-refractivity contribution in [3.05, 3.63) is 105 Å². The first-order chi connectivity index (χ1) is 14.4. The fourth-order valence-electron chi connectivity index (χ4n) is 3.41. The minimum atomic E-state index is -0.490. The predicted octanol–water partition coefficient (Wildman–Crippen LogP) is 4.16. The van der Waals surface area contributed by atoms with E-state index in [-0.39, 0.29) is 24.0 Å². The first-order valence-electron chi connectivity index (χ1n) is 9.32. The molecule has 0 saturated carbocycles. The lowest BCUT2D eigenvalue weighted by Gasteiger charge is -2.07. The number of carbonyl (C=O) groups is 1. The zero-order valence-electron chi connectivity index (χ0n) is 16.1. The lowest BCUT2D eigenvalue weighted by Crippen LogP contribution is -2.26. The summed E-state index contributed by atoms with van der Waals surface area (Å²) in [6.07, 6.45) is 1.55. The summed E-state index contributed by atoms with van der Waals surface area (Å²) in [5.41, 5.74) is 1.24. The van der Waals surface area contributed by atoms with Crippen LogP contribution in [0, 0.1) is 18.6 Å². The normalized spacial score (nSPS) is 11.0. The summed E-state index contributed by atoms with van der Waals surface area (Å²) >= 11 is 0. The number of rotatable bonds is 5. The highest BCUT2D eigenvalue weighted by Crippen LogP contribution is 2.23. The molecule has 1 amide bonds. The van der Waals surface area contributed by atoms with E-state index in [1.54, 1.807) is 43.5 Å². The van der Waals surface area contributed by atoms with Crippen LogP contribution in [0.25, 0.3) is 11.0 Å². The van der Waals surface area contributed by atoms with E-state index in [4.69, 9.17) is 4.42 Å². The highest BCUT2D eigenvalue weighted by molar-refractivity contribution is 6.06. The number of fused-ring (bicyclic) bond motifs is 1. The zero-order chi connectivity index (χ0) is 21.3. The number of furan rings is 1. The third-order valence-corrected chi connectivity index (χ3v) is 4.80. The van der Waals surface area contributed by atoms with Crippen molar-refractivity contribution in [1.29, 1.82) is 0 Å². The molecule has 0 radical (unpaired) electrons. The van der Waals surface area contributed by atoms with E-state index in [0.717, 1.165) is 0 Å². The summed E-state index contributed by atoms with van der Waals surface area (Å²) in [7, 11) is 0. The van der Waals surface area contributed by atoms with Crippen LogP contribution >= 0.6 is 0 Å². The monoisotopic (exact) mass is 408 g/mol. The van der Waals surface area contributed by atoms with Crippen LogP contribution in [0.3, 0.4) is 0 Å². The summed E-state index contributed by atoms with van der Waals surface area (Å²) in [5, 5.41) is 2.86. The molecule has 0 unspecified atom stereocenters. The van der Waals surface area contributed by atoms with Crippen LogP contribution in [0.15, 0.2) is 70.0 Å². The van der Waals surface area contributed by atoms with Crippen LogP contribution in [0.4, 0.5) is 8.78 Å². The largest absolute Gasteiger partial charge is 0.460 e. The minimum Gasteiger partial charge on any atom is -0.460 e. The van der Waals surface area contributed by atoms with Crippen molar-refractivity contribution in [2.45, 2.75) is 20.0 Å². The molecule has 2 heterocycles. The maximum Gasteiger partial charge on any atom is 0.262 e. The number of pyridine rings is 1. The summed E-state index contributed by atoms with van der Waals surface area (Å²) in [5.74, 6) is -0.969. The molecule has 1 N–H and O–H groups in total. The molecule has 4 aromatic rings. The molecule has 0 bridgehead atoms. The highest BCUT2D eigenvalue weighted by Gasteiger charge is 2.21. The van der Waals surface area contributed by atoms with Crippen LogP contribution in [0.5, 0.6) is 0 Å². The topological polar surface area (TPSA) is 64.2 Å². The van der Waals surface area contributed by atoms with Gasteiger partial charge in [-0.2, -0.15) is 0 Å². The number of aromatic nitrogens is 1. The van der Waals surface area contributed by atoms with Crippen LogP contribution in [-0.2, 0) is 13.1 Å². The molecule has 0 aliphatic carbocycles. The maximum atomic E-state index is 13.5. The van der Waals surface area contributed by atoms with Gasteiger partial charge in [-0.3, -0.25) is 9.59 Å². The second-order valence-electron chi connectivity index (χ2n) is 6.96. The van der Waals surface area contributed by atoms with E-state index in [1.165, 1.54) is 28.8 Å². The van der Waals surface area contributed by atoms with Gasteiger partial charge in [0.1, 0.15) is 23.0 Å². The number of hydrogen-bond acceptors (Lipinski definition) is 3. The molecule has 30 heavy (non-hydrogen) atoms. The molecule has 0 aliphatic rings. The van der Waals surface area contributed by atoms with Crippen LogP contribution in [0.2, 0.25) is 0 Å². The van der Waals surface area contributed by atoms with E-state index in [2.05, 4.69) is 5.32 Å². The number of benzene rings is 2. The second-order valence-corrected chi connectivity index (χ2v) is 6.96. The molecule has 5 nitrogen and oxygen atoms in total. The van der Waals surface area contributed by atoms with Crippen LogP contribution < -0.4 is 10.9 Å². The number of aryl methyl sites for hydroxylation is 1. The fraction of sp³-hybridized carbons (Fsp3) is 0.130. The lowest BCUT2D eigenvalue weighted by molar-refractivity contribution is 0.0950. The molecular formula is C23H18F2N2O3. The van der Waals surface area contributed by atoms with E-state index in [1.807, 2.05) is 0 Å². The van der Waals surface area contributed by atoms with Gasteiger partial charge in [0.15, 0.2) is 0 Å². The standard InChI is InChI=1S/C23H18F2N2O3/c1-14-20(22(28)26-12-15-4-2-6-17(24)10-15)21-19(30-14)8-9-27(23(21)29)13-16-5-3-7-18(25)11-16/h2-11H,12-13H2,1H3,(H,26,28). The van der Waals surface area contributed by atoms with Gasteiger partial charge < -0.3 is 14.3 Å². The van der Waals surface area contributed by atoms with Gasteiger partial charge in [0.2, 0.25) is 0 Å². The zero-order valence-corrected chi connectivity index (χ0v) is 16.1. The second kappa shape index (κ2) is 7.94. The molecule has 7 heteroatoms. The Morgan fingerprint density at radius 1 is 1.03 bits per heavy atom. The Morgan fingerprint density at radius 3 is 2.40 bits per heavy atom. The third kappa shape index (κ3) is 3.87. The number of nitrogens with zero attached hydrogens (tertiary/aromatic N) is 1. The molecule has 0 saturated heterocycles. The third-order valence-electron chi connectivity index (χ3n) is 4.80. The predicted molar refractivity (Wildman–Crippen MR) is 108 cm³/mol. The summed E-state index contributed by atoms with van der Waals surface area (Å²) < 4.78 is 33.8. The lowest BCUT2D eigenvalue weighted by atomic mass is 10.1. The summed E-state index contributed by atoms with van der Waals surface area (Å²) in [6, 6.07) is 13.5. The first kappa shape index (κ1) is 19.6. The quantitative estimate of drug-likeness (QED) is 0.539. The molecule has 0 aliphatic heterocycles. The van der Waals surface area contributed by atoms with Gasteiger partial charge in [-0.15, -0.1) is 0 Å². The van der Waals surface area contributed by atoms with E-state index >= 15 is 0 Å². The van der Waals surface area contributed by atoms with E-state index in [0.29, 0.717) is 22.5 Å². The molecule has 2 aromatic carbocycles. The number of nitrogens with one attached hydrogen (secondary N) is 1. The Morgan fingerprint density at radius 2 is 1.70 bits per heavy atom. The fourth-order valence-corrected chi connectivity index (χ4v) is 3.41. The minimum absolute atomic E-state index is 0.104. The van der Waals surface area contributed by atoms with Gasteiger partial charge in [0.05, 0.1) is 17.5 Å². The average molecular weight is 408 g/mol. The summed E-state index contributed by atoms with van der Waals surface area (Å²) in [4.78, 5) is 25.9. The first-order valence-corrected chi connectivity index (χ1v) is 9.32. The number of carbonyl (C=O) groups excluding carboxylic acids is 1. The Bertz CT molecular complexity index is 1310. The molecule has 0 fully saturated rings. The van der Waals surface area contributed by atoms with Gasteiger partial charge in [-0.1, -0.05) is 24.3 Å². The molecular weight excluding hydrogens is 390 g/mol. The van der Waals surface area contributed by atoms with Crippen LogP contribution in [-0.4, -0.2) is 10.5 Å². The van der Waals surface area contributed by atoms with Crippen molar-refractivity contribution in [3.8, 4) is 0 Å². The highest BCUT2D eigenvalue weighted by atomic mass is 19.1. The number of amides is 1. The van der Waals surface area contributed by atoms with Crippen molar-refractivity contribution in [1.82, 2.24) is 9.88 Å². The van der Waals surface area contributed by atoms with Crippen molar-refractivity contribution < 1.29 is 18.0 Å². The van der Waals surface area contributed by atoms with Crippen LogP contribution in [0.1, 0.15) is 27.2 Å². The van der Waals surface area contributed by atoms with Gasteiger partial charge in [0, 0.05) is 12.7 Å². The Kier molecular flexibility index (Phi) is 5.18. The van der Waals surface area contributed by atoms with Crippen molar-refractivity contribution in [2.24, 2.45) is 0 Å². The van der Waals surface area contributed by atoms with E-state index < -0.39 is 23.1 Å². The van der Waals surface area contributed by atoms with Crippen molar-refractivity contribution >= 4 is 16.9 Å². The smallest absolute Gasteiger partial charge is 0.262 e. The Balaban J connectivity index is 1.66. The number of hydrogen-bond donors (Lipinski definition) is 1. The molecule has 4 rings (SSSR count). The summed E-state index contributed by atoms with van der Waals surface area (Å²) in [6.45, 7) is 1.86. The van der Waals surface area contributed by atoms with Gasteiger partial charge >= 0.3 is 0 Å². The van der Waals surface area contributed by atoms with Crippen molar-refractivity contribution in [3.63, 3.8) is 0 Å². The van der Waals surface area contributed by atoms with Gasteiger partial charge in [-0.05, 0) is 48.4 Å². The molecule has 0 atom stereocenters. The van der Waals surface area contributed by atoms with Gasteiger partial charge in [0.25, 0.3) is 11.5 Å². The average Bonchev–Trinajstić information content (AvgIpc) is 3.05. The molecule has 152 valence electrons. The Labute approximate surface area is 170 Å². The van der Waals surface area contributed by atoms with Gasteiger partial charge in [-0.25, -0.2) is 8.78 Å². The molecule has 0 spiro atoms. The maximum absolute atomic E-state index is 13.5. The SMILES string of the molecule is Cc1oc2ccn(Cc3cccc(F)c3)c(=O)c2c1C(=O)NCc1cccc(F)c1. The molecule has 2 aromatic heterocycles.